The molecule has 0 spiro atoms. The number of carbonyl (C=O) groups is 4. The molecule has 2 saturated heterocycles. The van der Waals surface area contributed by atoms with Crippen LogP contribution in [-0.4, -0.2) is 75.9 Å². The van der Waals surface area contributed by atoms with Crippen molar-refractivity contribution in [1.29, 1.82) is 0 Å². The fraction of sp³-hybridized carbons (Fsp3) is 0.528. The van der Waals surface area contributed by atoms with Crippen LogP contribution in [0.1, 0.15) is 90.8 Å². The number of ether oxygens (including phenoxy) is 1. The van der Waals surface area contributed by atoms with Crippen molar-refractivity contribution in [3.63, 3.8) is 0 Å². The van der Waals surface area contributed by atoms with Gasteiger partial charge in [0.05, 0.1) is 0 Å². The minimum atomic E-state index is -1.07. The molecule has 2 aromatic rings. The Hall–Kier alpha value is -4.39. The summed E-state index contributed by atoms with van der Waals surface area (Å²) in [4.78, 5) is 63.3. The predicted octanol–water partition coefficient (Wildman–Crippen LogP) is 4.98. The molecule has 3 heterocycles. The molecule has 4 rings (SSSR count). The third-order valence-electron chi connectivity index (χ3n) is 8.42. The van der Waals surface area contributed by atoms with Gasteiger partial charge in [-0.25, -0.2) is 4.79 Å². The topological polar surface area (TPSA) is 112 Å². The summed E-state index contributed by atoms with van der Waals surface area (Å²) in [5.41, 5.74) is 1.41. The number of hydrogen-bond acceptors (Lipinski definition) is 6. The quantitative estimate of drug-likeness (QED) is 0.451. The molecule has 1 aromatic heterocycles. The summed E-state index contributed by atoms with van der Waals surface area (Å²) < 4.78 is 5.53. The molecule has 2 aliphatic rings. The maximum atomic E-state index is 14.7. The first-order valence-electron chi connectivity index (χ1n) is 16.1. The van der Waals surface area contributed by atoms with E-state index < -0.39 is 23.6 Å². The molecule has 1 aromatic carbocycles. The van der Waals surface area contributed by atoms with Crippen molar-refractivity contribution in [1.82, 2.24) is 20.1 Å². The SMILES string of the molecule is C#CC(=O)N1CCCCC1C(=O)N(c1ccc(C(C)(C)C)cc1)C(C(=O)NC1CCN(C(=O)OC(C)(C)C)CC1)c1cccnc1. The van der Waals surface area contributed by atoms with Gasteiger partial charge in [0.25, 0.3) is 11.8 Å². The van der Waals surface area contributed by atoms with Crippen LogP contribution in [0.4, 0.5) is 10.5 Å². The molecule has 246 valence electrons. The molecule has 2 atom stereocenters. The number of nitrogens with one attached hydrogen (secondary N) is 1. The summed E-state index contributed by atoms with van der Waals surface area (Å²) in [5, 5.41) is 3.16. The normalized spacial score (nSPS) is 18.2. The highest BCUT2D eigenvalue weighted by molar-refractivity contribution is 6.06. The van der Waals surface area contributed by atoms with Crippen LogP contribution in [0.25, 0.3) is 0 Å². The van der Waals surface area contributed by atoms with Crippen molar-refractivity contribution >= 4 is 29.5 Å². The first kappa shape index (κ1) is 34.5. The first-order chi connectivity index (χ1) is 21.7. The molecule has 1 N–H and O–H groups in total. The lowest BCUT2D eigenvalue weighted by atomic mass is 9.87. The van der Waals surface area contributed by atoms with Gasteiger partial charge in [-0.15, -0.1) is 6.42 Å². The molecular weight excluding hydrogens is 582 g/mol. The Morgan fingerprint density at radius 1 is 0.978 bits per heavy atom. The van der Waals surface area contributed by atoms with E-state index in [2.05, 4.69) is 37.0 Å². The van der Waals surface area contributed by atoms with Gasteiger partial charge in [-0.2, -0.15) is 0 Å². The van der Waals surface area contributed by atoms with E-state index in [0.717, 1.165) is 18.4 Å². The molecule has 10 heteroatoms. The smallest absolute Gasteiger partial charge is 0.410 e. The average molecular weight is 630 g/mol. The summed E-state index contributed by atoms with van der Waals surface area (Å²) in [6.07, 6.45) is 11.3. The van der Waals surface area contributed by atoms with E-state index in [0.29, 0.717) is 50.1 Å². The van der Waals surface area contributed by atoms with E-state index in [9.17, 15) is 19.2 Å². The lowest BCUT2D eigenvalue weighted by molar-refractivity contribution is -0.138. The van der Waals surface area contributed by atoms with Crippen molar-refractivity contribution in [2.24, 2.45) is 0 Å². The number of piperidine rings is 2. The third-order valence-corrected chi connectivity index (χ3v) is 8.42. The Balaban J connectivity index is 1.69. The van der Waals surface area contributed by atoms with Crippen molar-refractivity contribution in [3.05, 3.63) is 59.9 Å². The summed E-state index contributed by atoms with van der Waals surface area (Å²) in [6.45, 7) is 13.0. The highest BCUT2D eigenvalue weighted by Gasteiger charge is 2.41. The van der Waals surface area contributed by atoms with Crippen molar-refractivity contribution < 1.29 is 23.9 Å². The average Bonchev–Trinajstić information content (AvgIpc) is 3.02. The van der Waals surface area contributed by atoms with E-state index >= 15 is 0 Å². The second kappa shape index (κ2) is 14.4. The van der Waals surface area contributed by atoms with Gasteiger partial charge in [0.1, 0.15) is 17.7 Å². The van der Waals surface area contributed by atoms with Crippen LogP contribution in [0.3, 0.4) is 0 Å². The van der Waals surface area contributed by atoms with Gasteiger partial charge < -0.3 is 19.9 Å². The Kier molecular flexibility index (Phi) is 10.8. The minimum absolute atomic E-state index is 0.124. The van der Waals surface area contributed by atoms with Gasteiger partial charge in [0, 0.05) is 49.3 Å². The molecule has 2 unspecified atom stereocenters. The van der Waals surface area contributed by atoms with Gasteiger partial charge in [-0.05, 0) is 88.0 Å². The summed E-state index contributed by atoms with van der Waals surface area (Å²) in [6, 6.07) is 9.03. The van der Waals surface area contributed by atoms with Crippen molar-refractivity contribution in [2.75, 3.05) is 24.5 Å². The zero-order chi connectivity index (χ0) is 33.6. The maximum absolute atomic E-state index is 14.7. The molecule has 0 aliphatic carbocycles. The zero-order valence-corrected chi connectivity index (χ0v) is 27.9. The number of rotatable bonds is 6. The highest BCUT2D eigenvalue weighted by Crippen LogP contribution is 2.33. The van der Waals surface area contributed by atoms with Crippen LogP contribution < -0.4 is 10.2 Å². The van der Waals surface area contributed by atoms with Gasteiger partial charge in [0.2, 0.25) is 5.91 Å². The standard InChI is InChI=1S/C36H47N5O5/c1-8-30(42)40-21-10-9-13-29(40)33(44)41(28-16-14-26(15-17-28)35(2,3)4)31(25-12-11-20-37-24-25)32(43)38-27-18-22-39(23-19-27)34(45)46-36(5,6)7/h1,11-12,14-17,20,24,27,29,31H,9-10,13,18-19,21-23H2,2-7H3,(H,38,43). The second-order valence-electron chi connectivity index (χ2n) is 14.1. The molecule has 0 radical (unpaired) electrons. The van der Waals surface area contributed by atoms with E-state index in [-0.39, 0.29) is 29.4 Å². The molecular formula is C36H47N5O5. The van der Waals surface area contributed by atoms with Crippen molar-refractivity contribution in [2.45, 2.75) is 103 Å². The van der Waals surface area contributed by atoms with Crippen molar-refractivity contribution in [3.8, 4) is 12.3 Å². The number of amides is 4. The fourth-order valence-electron chi connectivity index (χ4n) is 5.97. The monoisotopic (exact) mass is 629 g/mol. The van der Waals surface area contributed by atoms with Crippen LogP contribution >= 0.6 is 0 Å². The molecule has 46 heavy (non-hydrogen) atoms. The van der Waals surface area contributed by atoms with Gasteiger partial charge in [-0.1, -0.05) is 39.0 Å². The number of carbonyl (C=O) groups excluding carboxylic acids is 4. The number of terminal acetylenes is 1. The number of likely N-dealkylation sites (tertiary alicyclic amines) is 2. The molecule has 2 fully saturated rings. The van der Waals surface area contributed by atoms with Crippen LogP contribution in [0, 0.1) is 12.3 Å². The number of hydrogen-bond donors (Lipinski definition) is 1. The fourth-order valence-corrected chi connectivity index (χ4v) is 5.97. The molecule has 4 amide bonds. The molecule has 0 bridgehead atoms. The number of nitrogens with zero attached hydrogens (tertiary/aromatic N) is 4. The lowest BCUT2D eigenvalue weighted by Crippen LogP contribution is -2.56. The number of anilines is 1. The zero-order valence-electron chi connectivity index (χ0n) is 27.9. The minimum Gasteiger partial charge on any atom is -0.444 e. The summed E-state index contributed by atoms with van der Waals surface area (Å²) in [5.74, 6) is 0.881. The van der Waals surface area contributed by atoms with E-state index in [1.807, 2.05) is 45.0 Å². The van der Waals surface area contributed by atoms with E-state index in [1.54, 1.807) is 29.4 Å². The summed E-state index contributed by atoms with van der Waals surface area (Å²) >= 11 is 0. The van der Waals surface area contributed by atoms with Gasteiger partial charge >= 0.3 is 6.09 Å². The first-order valence-corrected chi connectivity index (χ1v) is 16.1. The van der Waals surface area contributed by atoms with Crippen LogP contribution in [0.15, 0.2) is 48.8 Å². The number of benzene rings is 1. The third kappa shape index (κ3) is 8.45. The number of pyridine rings is 1. The maximum Gasteiger partial charge on any atom is 0.410 e. The number of aromatic nitrogens is 1. The predicted molar refractivity (Wildman–Crippen MR) is 177 cm³/mol. The van der Waals surface area contributed by atoms with Crippen LogP contribution in [0.2, 0.25) is 0 Å². The molecule has 0 saturated carbocycles. The van der Waals surface area contributed by atoms with E-state index in [4.69, 9.17) is 11.2 Å². The van der Waals surface area contributed by atoms with Gasteiger partial charge in [-0.3, -0.25) is 24.3 Å². The largest absolute Gasteiger partial charge is 0.444 e. The second-order valence-corrected chi connectivity index (χ2v) is 14.1. The Bertz CT molecular complexity index is 1430. The molecule has 10 nitrogen and oxygen atoms in total. The summed E-state index contributed by atoms with van der Waals surface area (Å²) in [7, 11) is 0. The van der Waals surface area contributed by atoms with Crippen LogP contribution in [-0.2, 0) is 24.5 Å². The lowest BCUT2D eigenvalue weighted by Gasteiger charge is -2.40. The van der Waals surface area contributed by atoms with Gasteiger partial charge in [0.15, 0.2) is 0 Å². The van der Waals surface area contributed by atoms with E-state index in [1.165, 1.54) is 9.80 Å². The Morgan fingerprint density at radius 2 is 1.65 bits per heavy atom. The Labute approximate surface area is 272 Å². The highest BCUT2D eigenvalue weighted by atomic mass is 16.6. The molecule has 2 aliphatic heterocycles. The van der Waals surface area contributed by atoms with Crippen LogP contribution in [0.5, 0.6) is 0 Å². The Morgan fingerprint density at radius 3 is 2.22 bits per heavy atom.